The molecule has 0 radical (unpaired) electrons. The predicted molar refractivity (Wildman–Crippen MR) is 95.5 cm³/mol. The van der Waals surface area contributed by atoms with E-state index in [1.165, 1.54) is 11.3 Å². The molecule has 3 heterocycles. The van der Waals surface area contributed by atoms with Gasteiger partial charge in [0.1, 0.15) is 5.69 Å². The minimum absolute atomic E-state index is 0.666. The van der Waals surface area contributed by atoms with E-state index in [0.29, 0.717) is 10.9 Å². The summed E-state index contributed by atoms with van der Waals surface area (Å²) in [5.41, 5.74) is 3.92. The smallest absolute Gasteiger partial charge is 0.181 e. The molecular formula is C16H15N5OS2. The van der Waals surface area contributed by atoms with Gasteiger partial charge in [0.05, 0.1) is 39.2 Å². The van der Waals surface area contributed by atoms with E-state index in [1.807, 2.05) is 44.0 Å². The van der Waals surface area contributed by atoms with Gasteiger partial charge in [-0.3, -0.25) is 8.89 Å². The molecule has 8 heteroatoms. The number of aromatic nitrogens is 5. The summed E-state index contributed by atoms with van der Waals surface area (Å²) in [4.78, 5) is 8.66. The first-order valence-electron chi connectivity index (χ1n) is 7.33. The molecule has 0 saturated heterocycles. The maximum absolute atomic E-state index is 11.6. The molecule has 1 aromatic carbocycles. The second kappa shape index (κ2) is 5.95. The SMILES string of the molecule is Cn1ccc(-c2cncn2Cc2ccc3nc(S(C)=O)sc3c2)n1. The summed E-state index contributed by atoms with van der Waals surface area (Å²) in [6.07, 6.45) is 7.21. The molecule has 1 atom stereocenters. The minimum Gasteiger partial charge on any atom is -0.325 e. The van der Waals surface area contributed by atoms with Gasteiger partial charge >= 0.3 is 0 Å². The van der Waals surface area contributed by atoms with E-state index in [2.05, 4.69) is 25.7 Å². The van der Waals surface area contributed by atoms with Crippen LogP contribution in [0.2, 0.25) is 0 Å². The highest BCUT2D eigenvalue weighted by molar-refractivity contribution is 7.86. The maximum atomic E-state index is 11.6. The van der Waals surface area contributed by atoms with Gasteiger partial charge in [-0.2, -0.15) is 5.10 Å². The maximum Gasteiger partial charge on any atom is 0.181 e. The molecule has 0 N–H and O–H groups in total. The third-order valence-electron chi connectivity index (χ3n) is 3.72. The second-order valence-corrected chi connectivity index (χ2v) is 8.10. The van der Waals surface area contributed by atoms with E-state index in [4.69, 9.17) is 0 Å². The Kier molecular flexibility index (Phi) is 3.78. The molecule has 24 heavy (non-hydrogen) atoms. The number of thiazole rings is 1. The van der Waals surface area contributed by atoms with Crippen LogP contribution in [0.25, 0.3) is 21.6 Å². The minimum atomic E-state index is -1.04. The van der Waals surface area contributed by atoms with Crippen LogP contribution in [-0.2, 0) is 24.4 Å². The predicted octanol–water partition coefficient (Wildman–Crippen LogP) is 2.68. The lowest BCUT2D eigenvalue weighted by molar-refractivity contribution is 0.686. The van der Waals surface area contributed by atoms with Crippen molar-refractivity contribution in [3.05, 3.63) is 48.5 Å². The zero-order valence-corrected chi connectivity index (χ0v) is 14.8. The van der Waals surface area contributed by atoms with Crippen LogP contribution in [0.15, 0.2) is 47.3 Å². The Morgan fingerprint density at radius 2 is 2.17 bits per heavy atom. The van der Waals surface area contributed by atoms with Crippen molar-refractivity contribution in [1.82, 2.24) is 24.3 Å². The van der Waals surface area contributed by atoms with Crippen molar-refractivity contribution in [2.75, 3.05) is 6.26 Å². The van der Waals surface area contributed by atoms with Crippen molar-refractivity contribution in [3.63, 3.8) is 0 Å². The van der Waals surface area contributed by atoms with Crippen molar-refractivity contribution in [2.24, 2.45) is 7.05 Å². The largest absolute Gasteiger partial charge is 0.325 e. The Labute approximate surface area is 145 Å². The molecule has 0 saturated carbocycles. The van der Waals surface area contributed by atoms with Crippen molar-refractivity contribution in [1.29, 1.82) is 0 Å². The Balaban J connectivity index is 1.67. The molecule has 1 unspecified atom stereocenters. The van der Waals surface area contributed by atoms with E-state index in [-0.39, 0.29) is 0 Å². The Hall–Kier alpha value is -2.32. The molecule has 4 rings (SSSR count). The molecule has 0 amide bonds. The first-order valence-corrected chi connectivity index (χ1v) is 9.70. The normalized spacial score (nSPS) is 12.8. The van der Waals surface area contributed by atoms with Crippen molar-refractivity contribution >= 4 is 32.4 Å². The van der Waals surface area contributed by atoms with Crippen LogP contribution in [0.3, 0.4) is 0 Å². The van der Waals surface area contributed by atoms with Crippen molar-refractivity contribution in [3.8, 4) is 11.4 Å². The number of benzene rings is 1. The number of hydrogen-bond donors (Lipinski definition) is 0. The summed E-state index contributed by atoms with van der Waals surface area (Å²) in [6, 6.07) is 8.11. The lowest BCUT2D eigenvalue weighted by Crippen LogP contribution is -2.01. The molecule has 0 aliphatic rings. The molecule has 3 aromatic heterocycles. The van der Waals surface area contributed by atoms with Crippen molar-refractivity contribution in [2.45, 2.75) is 10.9 Å². The van der Waals surface area contributed by atoms with Gasteiger partial charge in [-0.15, -0.1) is 11.3 Å². The van der Waals surface area contributed by atoms with E-state index in [0.717, 1.165) is 27.2 Å². The van der Waals surface area contributed by atoms with Crippen LogP contribution < -0.4 is 0 Å². The highest BCUT2D eigenvalue weighted by Gasteiger charge is 2.11. The number of rotatable bonds is 4. The first-order chi connectivity index (χ1) is 11.6. The summed E-state index contributed by atoms with van der Waals surface area (Å²) in [7, 11) is 0.856. The van der Waals surface area contributed by atoms with Crippen molar-refractivity contribution < 1.29 is 4.21 Å². The number of hydrogen-bond acceptors (Lipinski definition) is 5. The zero-order valence-electron chi connectivity index (χ0n) is 13.2. The molecule has 4 aromatic rings. The molecule has 0 aliphatic carbocycles. The average Bonchev–Trinajstić information content (AvgIpc) is 3.25. The van der Waals surface area contributed by atoms with Crippen LogP contribution in [0.5, 0.6) is 0 Å². The summed E-state index contributed by atoms with van der Waals surface area (Å²) in [6.45, 7) is 0.699. The summed E-state index contributed by atoms with van der Waals surface area (Å²) >= 11 is 1.48. The third kappa shape index (κ3) is 2.78. The Bertz CT molecular complexity index is 1050. The van der Waals surface area contributed by atoms with Crippen LogP contribution in [0.4, 0.5) is 0 Å². The summed E-state index contributed by atoms with van der Waals surface area (Å²) < 4.78 is 17.2. The number of aryl methyl sites for hydroxylation is 1. The molecule has 6 nitrogen and oxygen atoms in total. The molecule has 0 aliphatic heterocycles. The van der Waals surface area contributed by atoms with Crippen LogP contribution in [0.1, 0.15) is 5.56 Å². The molecule has 0 spiro atoms. The fraction of sp³-hybridized carbons (Fsp3) is 0.188. The first kappa shape index (κ1) is 15.2. The number of fused-ring (bicyclic) bond motifs is 1. The van der Waals surface area contributed by atoms with Gasteiger partial charge in [0.25, 0.3) is 0 Å². The summed E-state index contributed by atoms with van der Waals surface area (Å²) in [5.74, 6) is 0. The lowest BCUT2D eigenvalue weighted by Gasteiger charge is -2.06. The monoisotopic (exact) mass is 357 g/mol. The van der Waals surface area contributed by atoms with E-state index in [9.17, 15) is 4.21 Å². The fourth-order valence-electron chi connectivity index (χ4n) is 2.58. The molecule has 0 fully saturated rings. The summed E-state index contributed by atoms with van der Waals surface area (Å²) in [5, 5.41) is 4.44. The zero-order chi connectivity index (χ0) is 16.7. The van der Waals surface area contributed by atoms with Crippen LogP contribution in [-0.4, -0.2) is 34.8 Å². The van der Waals surface area contributed by atoms with E-state index < -0.39 is 10.8 Å². The van der Waals surface area contributed by atoms with Crippen LogP contribution >= 0.6 is 11.3 Å². The molecular weight excluding hydrogens is 342 g/mol. The van der Waals surface area contributed by atoms with Gasteiger partial charge in [0.15, 0.2) is 4.34 Å². The Morgan fingerprint density at radius 3 is 2.92 bits per heavy atom. The highest BCUT2D eigenvalue weighted by atomic mass is 32.2. The topological polar surface area (TPSA) is 65.6 Å². The van der Waals surface area contributed by atoms with Gasteiger partial charge < -0.3 is 4.57 Å². The van der Waals surface area contributed by atoms with Gasteiger partial charge in [-0.05, 0) is 23.8 Å². The number of imidazole rings is 1. The number of nitrogens with zero attached hydrogens (tertiary/aromatic N) is 5. The van der Waals surface area contributed by atoms with Gasteiger partial charge in [-0.1, -0.05) is 6.07 Å². The third-order valence-corrected chi connectivity index (χ3v) is 6.07. The average molecular weight is 357 g/mol. The molecule has 122 valence electrons. The van der Waals surface area contributed by atoms with E-state index >= 15 is 0 Å². The Morgan fingerprint density at radius 1 is 1.29 bits per heavy atom. The quantitative estimate of drug-likeness (QED) is 0.563. The van der Waals surface area contributed by atoms with Gasteiger partial charge in [0.2, 0.25) is 0 Å². The molecule has 0 bridgehead atoms. The highest BCUT2D eigenvalue weighted by Crippen LogP contribution is 2.26. The fourth-order valence-corrected chi connectivity index (χ4v) is 4.30. The lowest BCUT2D eigenvalue weighted by atomic mass is 10.2. The second-order valence-electron chi connectivity index (χ2n) is 5.52. The van der Waals surface area contributed by atoms with Crippen LogP contribution in [0, 0.1) is 0 Å². The van der Waals surface area contributed by atoms with E-state index in [1.54, 1.807) is 10.9 Å². The van der Waals surface area contributed by atoms with Gasteiger partial charge in [0, 0.05) is 26.0 Å². The van der Waals surface area contributed by atoms with Gasteiger partial charge in [-0.25, -0.2) is 9.97 Å². The standard InChI is InChI=1S/C16H15N5OS2/c1-20-6-5-12(19-20)14-8-17-10-21(14)9-11-3-4-13-15(7-11)23-16(18-13)24(2)22/h3-8,10H,9H2,1-2H3.